The number of carbonyl (C=O) groups is 1. The second-order valence-corrected chi connectivity index (χ2v) is 3.73. The van der Waals surface area contributed by atoms with E-state index in [0.717, 1.165) is 0 Å². The van der Waals surface area contributed by atoms with E-state index in [1.165, 1.54) is 6.07 Å². The number of primary amides is 1. The Hall–Kier alpha value is -1.07. The van der Waals surface area contributed by atoms with E-state index >= 15 is 0 Å². The highest BCUT2D eigenvalue weighted by atomic mass is 79.9. The summed E-state index contributed by atoms with van der Waals surface area (Å²) < 4.78 is 0.539. The van der Waals surface area contributed by atoms with Gasteiger partial charge in [0.05, 0.1) is 0 Å². The van der Waals surface area contributed by atoms with Crippen LogP contribution in [0.3, 0.4) is 0 Å². The summed E-state index contributed by atoms with van der Waals surface area (Å²) in [6.07, 6.45) is 0. The molecule has 0 unspecified atom stereocenters. The molecule has 0 aliphatic rings. The summed E-state index contributed by atoms with van der Waals surface area (Å²) in [5, 5.41) is 11.9. The molecule has 0 bridgehead atoms. The molecule has 0 radical (unpaired) electrons. The van der Waals surface area contributed by atoms with Crippen LogP contribution in [0.4, 0.5) is 0 Å². The van der Waals surface area contributed by atoms with Gasteiger partial charge in [-0.15, -0.1) is 0 Å². The quantitative estimate of drug-likeness (QED) is 0.491. The van der Waals surface area contributed by atoms with E-state index in [1.54, 1.807) is 12.1 Å². The topological polar surface area (TPSA) is 75.7 Å². The smallest absolute Gasteiger partial charge is 0.271 e. The summed E-state index contributed by atoms with van der Waals surface area (Å²) in [7, 11) is 0. The first-order chi connectivity index (χ1) is 6.56. The molecule has 0 aliphatic carbocycles. The lowest BCUT2D eigenvalue weighted by Gasteiger charge is -2.03. The summed E-state index contributed by atoms with van der Waals surface area (Å²) in [4.78, 5) is 10.8. The molecule has 0 fully saturated rings. The average molecular weight is 278 g/mol. The van der Waals surface area contributed by atoms with Crippen molar-refractivity contribution in [1.82, 2.24) is 0 Å². The van der Waals surface area contributed by atoms with Gasteiger partial charge in [-0.25, -0.2) is 0 Å². The SMILES string of the molecule is NC(=O)C(=NO)c1ccc(Cl)cc1Br. The van der Waals surface area contributed by atoms with E-state index in [-0.39, 0.29) is 5.71 Å². The maximum absolute atomic E-state index is 10.8. The van der Waals surface area contributed by atoms with Gasteiger partial charge >= 0.3 is 0 Å². The lowest BCUT2D eigenvalue weighted by molar-refractivity contribution is -0.112. The third-order valence-electron chi connectivity index (χ3n) is 1.52. The van der Waals surface area contributed by atoms with Crippen LogP contribution in [0.25, 0.3) is 0 Å². The minimum absolute atomic E-state index is 0.214. The predicted molar refractivity (Wildman–Crippen MR) is 56.7 cm³/mol. The molecule has 4 nitrogen and oxygen atoms in total. The molecule has 1 aromatic carbocycles. The first kappa shape index (κ1) is 11.0. The molecule has 0 atom stereocenters. The molecular formula is C8H6BrClN2O2. The number of oxime groups is 1. The fraction of sp³-hybridized carbons (Fsp3) is 0. The van der Waals surface area contributed by atoms with Gasteiger partial charge in [0.15, 0.2) is 5.71 Å². The zero-order valence-electron chi connectivity index (χ0n) is 6.87. The van der Waals surface area contributed by atoms with Crippen LogP contribution in [0, 0.1) is 0 Å². The van der Waals surface area contributed by atoms with Crippen LogP contribution in [0.2, 0.25) is 5.02 Å². The number of hydrogen-bond donors (Lipinski definition) is 2. The third kappa shape index (κ3) is 2.24. The van der Waals surface area contributed by atoms with Gasteiger partial charge in [0, 0.05) is 15.1 Å². The van der Waals surface area contributed by atoms with Gasteiger partial charge in [-0.1, -0.05) is 32.7 Å². The second kappa shape index (κ2) is 4.43. The average Bonchev–Trinajstić information content (AvgIpc) is 2.09. The van der Waals surface area contributed by atoms with Crippen molar-refractivity contribution in [3.05, 3.63) is 33.3 Å². The molecule has 14 heavy (non-hydrogen) atoms. The van der Waals surface area contributed by atoms with Crippen molar-refractivity contribution < 1.29 is 10.0 Å². The number of halogens is 2. The second-order valence-electron chi connectivity index (χ2n) is 2.44. The van der Waals surface area contributed by atoms with E-state index < -0.39 is 5.91 Å². The van der Waals surface area contributed by atoms with Gasteiger partial charge in [0.2, 0.25) is 0 Å². The molecule has 3 N–H and O–H groups in total. The molecule has 6 heteroatoms. The number of hydrogen-bond acceptors (Lipinski definition) is 3. The van der Waals surface area contributed by atoms with Gasteiger partial charge in [0.1, 0.15) is 0 Å². The number of carbonyl (C=O) groups excluding carboxylic acids is 1. The van der Waals surface area contributed by atoms with Crippen LogP contribution < -0.4 is 5.73 Å². The molecule has 1 amide bonds. The third-order valence-corrected chi connectivity index (χ3v) is 2.41. The van der Waals surface area contributed by atoms with E-state index in [9.17, 15) is 4.79 Å². The summed E-state index contributed by atoms with van der Waals surface area (Å²) in [6, 6.07) is 4.67. The van der Waals surface area contributed by atoms with Crippen molar-refractivity contribution >= 4 is 39.1 Å². The van der Waals surface area contributed by atoms with Crippen molar-refractivity contribution in [2.24, 2.45) is 10.9 Å². The number of benzene rings is 1. The Bertz CT molecular complexity index is 406. The minimum atomic E-state index is -0.810. The van der Waals surface area contributed by atoms with Crippen molar-refractivity contribution in [3.63, 3.8) is 0 Å². The minimum Gasteiger partial charge on any atom is -0.410 e. The monoisotopic (exact) mass is 276 g/mol. The molecule has 74 valence electrons. The largest absolute Gasteiger partial charge is 0.410 e. The van der Waals surface area contributed by atoms with Crippen LogP contribution in [-0.2, 0) is 4.79 Å². The standard InChI is InChI=1S/C8H6BrClN2O2/c9-6-3-4(10)1-2-5(6)7(12-14)8(11)13/h1-3,14H,(H2,11,13). The van der Waals surface area contributed by atoms with Gasteiger partial charge in [-0.2, -0.15) is 0 Å². The number of amides is 1. The molecule has 1 rings (SSSR count). The Morgan fingerprint density at radius 1 is 1.57 bits per heavy atom. The maximum atomic E-state index is 10.8. The van der Waals surface area contributed by atoms with E-state index in [2.05, 4.69) is 21.1 Å². The highest BCUT2D eigenvalue weighted by molar-refractivity contribution is 9.10. The molecule has 0 aromatic heterocycles. The van der Waals surface area contributed by atoms with Crippen molar-refractivity contribution in [2.75, 3.05) is 0 Å². The zero-order valence-corrected chi connectivity index (χ0v) is 9.21. The molecule has 1 aromatic rings. The Balaban J connectivity index is 3.25. The van der Waals surface area contributed by atoms with Crippen LogP contribution in [0.1, 0.15) is 5.56 Å². The van der Waals surface area contributed by atoms with Crippen LogP contribution in [0.5, 0.6) is 0 Å². The fourth-order valence-corrected chi connectivity index (χ4v) is 1.79. The lowest BCUT2D eigenvalue weighted by atomic mass is 10.1. The van der Waals surface area contributed by atoms with Crippen LogP contribution in [-0.4, -0.2) is 16.8 Å². The number of nitrogens with zero attached hydrogens (tertiary/aromatic N) is 1. The first-order valence-electron chi connectivity index (χ1n) is 3.53. The number of rotatable bonds is 2. The summed E-state index contributed by atoms with van der Waals surface area (Å²) >= 11 is 8.87. The lowest BCUT2D eigenvalue weighted by Crippen LogP contribution is -2.24. The first-order valence-corrected chi connectivity index (χ1v) is 4.70. The Morgan fingerprint density at radius 2 is 2.21 bits per heavy atom. The van der Waals surface area contributed by atoms with Crippen LogP contribution >= 0.6 is 27.5 Å². The van der Waals surface area contributed by atoms with Crippen molar-refractivity contribution in [2.45, 2.75) is 0 Å². The van der Waals surface area contributed by atoms with E-state index in [4.69, 9.17) is 22.5 Å². The van der Waals surface area contributed by atoms with Crippen LogP contribution in [0.15, 0.2) is 27.8 Å². The van der Waals surface area contributed by atoms with Gasteiger partial charge in [-0.3, -0.25) is 4.79 Å². The predicted octanol–water partition coefficient (Wildman–Crippen LogP) is 1.77. The summed E-state index contributed by atoms with van der Waals surface area (Å²) in [5.41, 5.74) is 5.18. The molecule has 0 saturated heterocycles. The highest BCUT2D eigenvalue weighted by Crippen LogP contribution is 2.22. The molecule has 0 saturated carbocycles. The Morgan fingerprint density at radius 3 is 2.64 bits per heavy atom. The van der Waals surface area contributed by atoms with E-state index in [0.29, 0.717) is 15.1 Å². The van der Waals surface area contributed by atoms with Gasteiger partial charge < -0.3 is 10.9 Å². The normalized spacial score (nSPS) is 11.4. The molecule has 0 aliphatic heterocycles. The Labute approximate surface area is 93.5 Å². The zero-order chi connectivity index (χ0) is 10.7. The van der Waals surface area contributed by atoms with Gasteiger partial charge in [0.25, 0.3) is 5.91 Å². The van der Waals surface area contributed by atoms with E-state index in [1.807, 2.05) is 0 Å². The molecule has 0 spiro atoms. The Kier molecular flexibility index (Phi) is 3.49. The maximum Gasteiger partial charge on any atom is 0.271 e. The fourth-order valence-electron chi connectivity index (χ4n) is 0.917. The van der Waals surface area contributed by atoms with Crippen molar-refractivity contribution in [3.8, 4) is 0 Å². The number of nitrogens with two attached hydrogens (primary N) is 1. The highest BCUT2D eigenvalue weighted by Gasteiger charge is 2.14. The summed E-state index contributed by atoms with van der Waals surface area (Å²) in [6.45, 7) is 0. The summed E-state index contributed by atoms with van der Waals surface area (Å²) in [5.74, 6) is -0.810. The molecular weight excluding hydrogens is 271 g/mol. The van der Waals surface area contributed by atoms with Crippen molar-refractivity contribution in [1.29, 1.82) is 0 Å². The molecule has 0 heterocycles. The van der Waals surface area contributed by atoms with Gasteiger partial charge in [-0.05, 0) is 18.2 Å².